The molecule has 0 aliphatic carbocycles. The number of ketones is 1. The average molecular weight is 354 g/mol. The van der Waals surface area contributed by atoms with Gasteiger partial charge < -0.3 is 15.7 Å². The minimum atomic E-state index is -1.00. The summed E-state index contributed by atoms with van der Waals surface area (Å²) in [7, 11) is 0. The number of anilines is 1. The van der Waals surface area contributed by atoms with Gasteiger partial charge in [0.05, 0.1) is 0 Å². The van der Waals surface area contributed by atoms with Gasteiger partial charge in [-0.25, -0.2) is 14.3 Å². The molecule has 9 heteroatoms. The van der Waals surface area contributed by atoms with Gasteiger partial charge in [0.15, 0.2) is 11.6 Å². The molecule has 110 valence electrons. The summed E-state index contributed by atoms with van der Waals surface area (Å²) in [5.74, 6) is -0.227. The largest absolute Gasteiger partial charge is 0.465 e. The van der Waals surface area contributed by atoms with Crippen LogP contribution in [0, 0.1) is 5.92 Å². The third-order valence-electron chi connectivity index (χ3n) is 3.62. The number of carboxylic acid groups (broad SMARTS) is 1. The van der Waals surface area contributed by atoms with Crippen LogP contribution >= 0.6 is 15.9 Å². The lowest BCUT2D eigenvalue weighted by molar-refractivity contribution is 0.0915. The zero-order valence-corrected chi connectivity index (χ0v) is 12.4. The fourth-order valence-corrected chi connectivity index (χ4v) is 3.14. The number of Topliss-reactive ketones (excluding diaryl/α,β-unsaturated/α-hetero) is 1. The lowest BCUT2D eigenvalue weighted by Gasteiger charge is -2.11. The SMILES string of the molecule is Nc1ncnn2c(C(=O)C3CCN(C(=O)O)C3)cc(Br)c12. The fourth-order valence-electron chi connectivity index (χ4n) is 2.56. The zero-order chi connectivity index (χ0) is 15.1. The molecule has 1 atom stereocenters. The number of halogens is 1. The van der Waals surface area contributed by atoms with Crippen LogP contribution in [0.1, 0.15) is 16.9 Å². The van der Waals surface area contributed by atoms with Gasteiger partial charge in [0.1, 0.15) is 17.5 Å². The van der Waals surface area contributed by atoms with Crippen molar-refractivity contribution in [3.8, 4) is 0 Å². The van der Waals surface area contributed by atoms with Gasteiger partial charge in [-0.05, 0) is 28.4 Å². The van der Waals surface area contributed by atoms with Gasteiger partial charge in [-0.15, -0.1) is 0 Å². The number of fused-ring (bicyclic) bond motifs is 1. The van der Waals surface area contributed by atoms with Gasteiger partial charge in [-0.1, -0.05) is 0 Å². The van der Waals surface area contributed by atoms with Gasteiger partial charge in [-0.2, -0.15) is 5.10 Å². The molecule has 2 aromatic heterocycles. The number of likely N-dealkylation sites (tertiary alicyclic amines) is 1. The number of hydrogen-bond donors (Lipinski definition) is 2. The van der Waals surface area contributed by atoms with Crippen molar-refractivity contribution in [3.63, 3.8) is 0 Å². The molecule has 1 fully saturated rings. The zero-order valence-electron chi connectivity index (χ0n) is 10.9. The van der Waals surface area contributed by atoms with E-state index in [0.717, 1.165) is 0 Å². The summed E-state index contributed by atoms with van der Waals surface area (Å²) < 4.78 is 2.08. The van der Waals surface area contributed by atoms with Crippen molar-refractivity contribution >= 4 is 39.1 Å². The molecule has 2 aromatic rings. The molecule has 3 heterocycles. The number of nitrogens with two attached hydrogens (primary N) is 1. The van der Waals surface area contributed by atoms with Crippen molar-refractivity contribution < 1.29 is 14.7 Å². The summed E-state index contributed by atoms with van der Waals surface area (Å²) in [6.45, 7) is 0.576. The summed E-state index contributed by atoms with van der Waals surface area (Å²) in [6, 6.07) is 1.64. The van der Waals surface area contributed by atoms with E-state index in [-0.39, 0.29) is 24.1 Å². The van der Waals surface area contributed by atoms with Crippen molar-refractivity contribution in [3.05, 3.63) is 22.6 Å². The minimum absolute atomic E-state index is 0.141. The number of carbonyl (C=O) groups excluding carboxylic acids is 1. The normalized spacial score (nSPS) is 18.3. The quantitative estimate of drug-likeness (QED) is 0.785. The fraction of sp³-hybridized carbons (Fsp3) is 0.333. The number of amides is 1. The maximum Gasteiger partial charge on any atom is 0.407 e. The molecular weight excluding hydrogens is 342 g/mol. The predicted octanol–water partition coefficient (Wildman–Crippen LogP) is 1.26. The number of nitrogens with zero attached hydrogens (tertiary/aromatic N) is 4. The molecule has 0 spiro atoms. The maximum absolute atomic E-state index is 12.6. The van der Waals surface area contributed by atoms with Gasteiger partial charge in [0, 0.05) is 23.5 Å². The van der Waals surface area contributed by atoms with Crippen molar-refractivity contribution in [2.45, 2.75) is 6.42 Å². The number of hydrogen-bond acceptors (Lipinski definition) is 5. The highest BCUT2D eigenvalue weighted by Crippen LogP contribution is 2.28. The summed E-state index contributed by atoms with van der Waals surface area (Å²) in [6.07, 6.45) is 0.790. The highest BCUT2D eigenvalue weighted by Gasteiger charge is 2.33. The second-order valence-electron chi connectivity index (χ2n) is 4.86. The minimum Gasteiger partial charge on any atom is -0.465 e. The lowest BCUT2D eigenvalue weighted by Crippen LogP contribution is -2.28. The van der Waals surface area contributed by atoms with Crippen LogP contribution in [0.2, 0.25) is 0 Å². The van der Waals surface area contributed by atoms with Crippen LogP contribution < -0.4 is 5.73 Å². The highest BCUT2D eigenvalue weighted by atomic mass is 79.9. The van der Waals surface area contributed by atoms with Gasteiger partial charge >= 0.3 is 6.09 Å². The molecule has 1 saturated heterocycles. The predicted molar refractivity (Wildman–Crippen MR) is 77.1 cm³/mol. The Hall–Kier alpha value is -2.16. The first-order valence-corrected chi connectivity index (χ1v) is 7.08. The third-order valence-corrected chi connectivity index (χ3v) is 4.22. The molecule has 3 rings (SSSR count). The summed E-state index contributed by atoms with van der Waals surface area (Å²) in [5.41, 5.74) is 6.70. The molecule has 8 nitrogen and oxygen atoms in total. The molecule has 0 radical (unpaired) electrons. The van der Waals surface area contributed by atoms with E-state index in [2.05, 4.69) is 26.0 Å². The number of rotatable bonds is 2. The first kappa shape index (κ1) is 13.8. The van der Waals surface area contributed by atoms with E-state index < -0.39 is 6.09 Å². The topological polar surface area (TPSA) is 114 Å². The van der Waals surface area contributed by atoms with Gasteiger partial charge in [-0.3, -0.25) is 4.79 Å². The van der Waals surface area contributed by atoms with Crippen LogP contribution in [0.15, 0.2) is 16.9 Å². The average Bonchev–Trinajstić information content (AvgIpc) is 3.04. The summed E-state index contributed by atoms with van der Waals surface area (Å²) >= 11 is 3.34. The molecular formula is C12H12BrN5O3. The van der Waals surface area contributed by atoms with E-state index in [9.17, 15) is 9.59 Å². The summed E-state index contributed by atoms with van der Waals surface area (Å²) in [5, 5.41) is 13.0. The second-order valence-corrected chi connectivity index (χ2v) is 5.72. The molecule has 1 aliphatic rings. The van der Waals surface area contributed by atoms with E-state index >= 15 is 0 Å². The van der Waals surface area contributed by atoms with Crippen molar-refractivity contribution in [2.75, 3.05) is 18.8 Å². The standard InChI is InChI=1S/C12H12BrN5O3/c13-7-3-8(18-9(7)11(14)15-5-16-18)10(19)6-1-2-17(4-6)12(20)21/h3,5-6H,1-2,4H2,(H,20,21)(H2,14,15,16). The number of carbonyl (C=O) groups is 2. The molecule has 0 bridgehead atoms. The Kier molecular flexibility index (Phi) is 3.28. The van der Waals surface area contributed by atoms with E-state index in [1.165, 1.54) is 15.7 Å². The summed E-state index contributed by atoms with van der Waals surface area (Å²) in [4.78, 5) is 28.7. The third kappa shape index (κ3) is 2.23. The van der Waals surface area contributed by atoms with E-state index in [1.807, 2.05) is 0 Å². The number of aromatic nitrogens is 3. The number of nitrogen functional groups attached to an aromatic ring is 1. The Morgan fingerprint density at radius 3 is 2.90 bits per heavy atom. The van der Waals surface area contributed by atoms with Crippen molar-refractivity contribution in [2.24, 2.45) is 5.92 Å². The lowest BCUT2D eigenvalue weighted by atomic mass is 10.0. The van der Waals surface area contributed by atoms with E-state index in [1.54, 1.807) is 6.07 Å². The Balaban J connectivity index is 1.96. The van der Waals surface area contributed by atoms with Gasteiger partial charge in [0.25, 0.3) is 0 Å². The second kappa shape index (κ2) is 4.99. The van der Waals surface area contributed by atoms with Crippen LogP contribution in [0.5, 0.6) is 0 Å². The van der Waals surface area contributed by atoms with Crippen molar-refractivity contribution in [1.29, 1.82) is 0 Å². The molecule has 3 N–H and O–H groups in total. The molecule has 1 unspecified atom stereocenters. The first-order chi connectivity index (χ1) is 9.99. The maximum atomic E-state index is 12.6. The Morgan fingerprint density at radius 1 is 1.48 bits per heavy atom. The molecule has 1 amide bonds. The van der Waals surface area contributed by atoms with Gasteiger partial charge in [0.2, 0.25) is 0 Å². The van der Waals surface area contributed by atoms with Crippen LogP contribution in [-0.2, 0) is 0 Å². The van der Waals surface area contributed by atoms with Crippen molar-refractivity contribution in [1.82, 2.24) is 19.5 Å². The van der Waals surface area contributed by atoms with Crippen LogP contribution in [0.4, 0.5) is 10.6 Å². The first-order valence-electron chi connectivity index (χ1n) is 6.29. The van der Waals surface area contributed by atoms with E-state index in [0.29, 0.717) is 28.6 Å². The van der Waals surface area contributed by atoms with E-state index in [4.69, 9.17) is 10.8 Å². The molecule has 0 aromatic carbocycles. The monoisotopic (exact) mass is 353 g/mol. The molecule has 1 aliphatic heterocycles. The van der Waals surface area contributed by atoms with Crippen LogP contribution in [-0.4, -0.2) is 49.6 Å². The molecule has 21 heavy (non-hydrogen) atoms. The Morgan fingerprint density at radius 2 is 2.24 bits per heavy atom. The highest BCUT2D eigenvalue weighted by molar-refractivity contribution is 9.10. The Labute approximate surface area is 127 Å². The Bertz CT molecular complexity index is 744. The van der Waals surface area contributed by atoms with Crippen LogP contribution in [0.25, 0.3) is 5.52 Å². The van der Waals surface area contributed by atoms with Crippen LogP contribution in [0.3, 0.4) is 0 Å². The smallest absolute Gasteiger partial charge is 0.407 e. The molecule has 0 saturated carbocycles.